The number of aryl methyl sites for hydroxylation is 1. The third-order valence-corrected chi connectivity index (χ3v) is 8.45. The Labute approximate surface area is 198 Å². The molecule has 3 aromatic rings. The van der Waals surface area contributed by atoms with E-state index in [1.807, 2.05) is 6.92 Å². The number of fused-ring (bicyclic) bond motifs is 1. The summed E-state index contributed by atoms with van der Waals surface area (Å²) in [5, 5.41) is 25.0. The van der Waals surface area contributed by atoms with Crippen LogP contribution in [0.5, 0.6) is 0 Å². The summed E-state index contributed by atoms with van der Waals surface area (Å²) in [6.07, 6.45) is 5.30. The van der Waals surface area contributed by atoms with Gasteiger partial charge in [0, 0.05) is 11.4 Å². The number of rotatable bonds is 7. The van der Waals surface area contributed by atoms with Gasteiger partial charge in [0.2, 0.25) is 11.0 Å². The van der Waals surface area contributed by atoms with Gasteiger partial charge in [-0.15, -0.1) is 21.5 Å². The number of thioether (sulfide) groups is 1. The Bertz CT molecular complexity index is 1140. The summed E-state index contributed by atoms with van der Waals surface area (Å²) in [7, 11) is 0. The number of nitrogens with zero attached hydrogens (tertiary/aromatic N) is 3. The molecule has 2 aromatic heterocycles. The summed E-state index contributed by atoms with van der Waals surface area (Å²) >= 11 is 4.24. The van der Waals surface area contributed by atoms with Gasteiger partial charge in [-0.3, -0.25) is 4.79 Å². The lowest BCUT2D eigenvalue weighted by Gasteiger charge is -2.09. The van der Waals surface area contributed by atoms with Crippen LogP contribution in [0, 0.1) is 17.1 Å². The number of carbonyl (C=O) groups is 1. The van der Waals surface area contributed by atoms with Gasteiger partial charge in [-0.05, 0) is 55.9 Å². The van der Waals surface area contributed by atoms with Crippen molar-refractivity contribution in [3.8, 4) is 6.07 Å². The highest BCUT2D eigenvalue weighted by molar-refractivity contribution is 8.02. The standard InChI is InChI=1S/C22H22FN5OS3/c1-13(19(29)26-20-17(11-24)16-5-3-2-4-6-18(16)31-20)30-22-28-27-21(32-22)25-12-14-7-9-15(23)10-8-14/h7-10,13H,2-6,12H2,1H3,(H,25,27)(H,26,29). The number of hydrogen-bond acceptors (Lipinski definition) is 8. The average Bonchev–Trinajstić information content (AvgIpc) is 3.29. The summed E-state index contributed by atoms with van der Waals surface area (Å²) < 4.78 is 13.7. The fraction of sp³-hybridized carbons (Fsp3) is 0.364. The van der Waals surface area contributed by atoms with E-state index in [2.05, 4.69) is 26.9 Å². The molecule has 1 aliphatic rings. The first-order valence-electron chi connectivity index (χ1n) is 10.4. The highest BCUT2D eigenvalue weighted by Crippen LogP contribution is 2.37. The number of carbonyl (C=O) groups excluding carboxylic acids is 1. The van der Waals surface area contributed by atoms with E-state index in [9.17, 15) is 14.4 Å². The SMILES string of the molecule is CC(Sc1nnc(NCc2ccc(F)cc2)s1)C(=O)Nc1sc2c(c1C#N)CCCCC2. The van der Waals surface area contributed by atoms with Crippen molar-refractivity contribution in [1.82, 2.24) is 10.2 Å². The van der Waals surface area contributed by atoms with Gasteiger partial charge in [0.15, 0.2) is 4.34 Å². The zero-order chi connectivity index (χ0) is 22.5. The molecule has 1 aliphatic carbocycles. The third-order valence-electron chi connectivity index (χ3n) is 5.18. The molecule has 0 aliphatic heterocycles. The minimum absolute atomic E-state index is 0.154. The number of anilines is 2. The molecule has 4 rings (SSSR count). The van der Waals surface area contributed by atoms with Crippen molar-refractivity contribution < 1.29 is 9.18 Å². The molecule has 0 fully saturated rings. The fourth-order valence-electron chi connectivity index (χ4n) is 3.48. The van der Waals surface area contributed by atoms with Crippen LogP contribution in [0.3, 0.4) is 0 Å². The van der Waals surface area contributed by atoms with E-state index in [1.165, 1.54) is 57.9 Å². The molecular weight excluding hydrogens is 465 g/mol. The molecule has 0 saturated heterocycles. The smallest absolute Gasteiger partial charge is 0.238 e. The number of amides is 1. The molecule has 1 atom stereocenters. The monoisotopic (exact) mass is 487 g/mol. The molecule has 1 unspecified atom stereocenters. The number of halogens is 1. The van der Waals surface area contributed by atoms with Crippen molar-refractivity contribution in [2.24, 2.45) is 0 Å². The van der Waals surface area contributed by atoms with Gasteiger partial charge in [-0.25, -0.2) is 4.39 Å². The van der Waals surface area contributed by atoms with E-state index in [1.54, 1.807) is 12.1 Å². The van der Waals surface area contributed by atoms with Gasteiger partial charge in [-0.1, -0.05) is 41.7 Å². The lowest BCUT2D eigenvalue weighted by atomic mass is 10.1. The molecule has 1 amide bonds. The molecule has 0 radical (unpaired) electrons. The number of hydrogen-bond donors (Lipinski definition) is 2. The van der Waals surface area contributed by atoms with Crippen molar-refractivity contribution in [2.75, 3.05) is 10.6 Å². The first-order valence-corrected chi connectivity index (χ1v) is 12.9. The van der Waals surface area contributed by atoms with Crippen LogP contribution in [-0.2, 0) is 24.2 Å². The molecule has 0 spiro atoms. The quantitative estimate of drug-likeness (QED) is 0.332. The largest absolute Gasteiger partial charge is 0.356 e. The molecule has 0 saturated carbocycles. The van der Waals surface area contributed by atoms with Gasteiger partial charge in [0.1, 0.15) is 16.9 Å². The van der Waals surface area contributed by atoms with E-state index in [0.29, 0.717) is 26.6 Å². The second kappa shape index (κ2) is 10.4. The number of thiophene rings is 1. The van der Waals surface area contributed by atoms with Crippen molar-refractivity contribution in [1.29, 1.82) is 5.26 Å². The zero-order valence-corrected chi connectivity index (χ0v) is 19.9. The topological polar surface area (TPSA) is 90.7 Å². The second-order valence-corrected chi connectivity index (χ2v) is 11.2. The number of nitriles is 1. The van der Waals surface area contributed by atoms with Gasteiger partial charge in [-0.2, -0.15) is 5.26 Å². The lowest BCUT2D eigenvalue weighted by molar-refractivity contribution is -0.115. The van der Waals surface area contributed by atoms with Gasteiger partial charge < -0.3 is 10.6 Å². The van der Waals surface area contributed by atoms with Crippen molar-refractivity contribution in [3.63, 3.8) is 0 Å². The predicted octanol–water partition coefficient (Wildman–Crippen LogP) is 5.61. The van der Waals surface area contributed by atoms with Crippen LogP contribution in [0.2, 0.25) is 0 Å². The van der Waals surface area contributed by atoms with Gasteiger partial charge >= 0.3 is 0 Å². The first kappa shape index (κ1) is 22.7. The highest BCUT2D eigenvalue weighted by Gasteiger charge is 2.23. The number of benzene rings is 1. The summed E-state index contributed by atoms with van der Waals surface area (Å²) in [6.45, 7) is 2.33. The van der Waals surface area contributed by atoms with E-state index < -0.39 is 0 Å². The molecule has 2 heterocycles. The van der Waals surface area contributed by atoms with Gasteiger partial charge in [0.25, 0.3) is 0 Å². The third kappa shape index (κ3) is 5.46. The maximum Gasteiger partial charge on any atom is 0.238 e. The summed E-state index contributed by atoms with van der Waals surface area (Å²) in [5.74, 6) is -0.422. The van der Waals surface area contributed by atoms with Crippen molar-refractivity contribution in [2.45, 2.75) is 55.2 Å². The maximum atomic E-state index is 13.0. The molecule has 166 valence electrons. The van der Waals surface area contributed by atoms with Crippen LogP contribution in [0.1, 0.15) is 47.8 Å². The molecule has 6 nitrogen and oxygen atoms in total. The highest BCUT2D eigenvalue weighted by atomic mass is 32.2. The normalized spacial score (nSPS) is 14.2. The Morgan fingerprint density at radius 1 is 1.22 bits per heavy atom. The Balaban J connectivity index is 1.34. The first-order chi connectivity index (χ1) is 15.5. The minimum atomic E-state index is -0.388. The molecular formula is C22H22FN5OS3. The summed E-state index contributed by atoms with van der Waals surface area (Å²) in [4.78, 5) is 14.0. The lowest BCUT2D eigenvalue weighted by Crippen LogP contribution is -2.22. The maximum absolute atomic E-state index is 13.0. The Kier molecular flexibility index (Phi) is 7.40. The Hall–Kier alpha value is -2.48. The van der Waals surface area contributed by atoms with E-state index in [-0.39, 0.29) is 17.0 Å². The fourth-order valence-corrected chi connectivity index (χ4v) is 6.61. The van der Waals surface area contributed by atoms with Crippen molar-refractivity contribution in [3.05, 3.63) is 51.7 Å². The van der Waals surface area contributed by atoms with Crippen LogP contribution in [0.25, 0.3) is 0 Å². The van der Waals surface area contributed by atoms with Crippen LogP contribution in [-0.4, -0.2) is 21.4 Å². The molecule has 0 bridgehead atoms. The summed E-state index contributed by atoms with van der Waals surface area (Å²) in [6, 6.07) is 8.56. The number of aromatic nitrogens is 2. The van der Waals surface area contributed by atoms with Gasteiger partial charge in [0.05, 0.1) is 10.8 Å². The zero-order valence-electron chi connectivity index (χ0n) is 17.5. The average molecular weight is 488 g/mol. The van der Waals surface area contributed by atoms with Crippen LogP contribution in [0.4, 0.5) is 14.5 Å². The Morgan fingerprint density at radius 3 is 2.78 bits per heavy atom. The molecule has 10 heteroatoms. The van der Waals surface area contributed by atoms with Crippen LogP contribution >= 0.6 is 34.4 Å². The molecule has 2 N–H and O–H groups in total. The molecule has 1 aromatic carbocycles. The Morgan fingerprint density at radius 2 is 2.00 bits per heavy atom. The molecule has 32 heavy (non-hydrogen) atoms. The number of nitrogens with one attached hydrogen (secondary N) is 2. The van der Waals surface area contributed by atoms with E-state index in [0.717, 1.165) is 36.8 Å². The van der Waals surface area contributed by atoms with E-state index >= 15 is 0 Å². The van der Waals surface area contributed by atoms with Crippen LogP contribution < -0.4 is 10.6 Å². The van der Waals surface area contributed by atoms with Crippen molar-refractivity contribution >= 4 is 50.5 Å². The van der Waals surface area contributed by atoms with Crippen LogP contribution in [0.15, 0.2) is 28.6 Å². The second-order valence-electron chi connectivity index (χ2n) is 7.48. The predicted molar refractivity (Wildman–Crippen MR) is 128 cm³/mol. The van der Waals surface area contributed by atoms with E-state index in [4.69, 9.17) is 0 Å². The summed E-state index contributed by atoms with van der Waals surface area (Å²) in [5.41, 5.74) is 2.68. The minimum Gasteiger partial charge on any atom is -0.356 e.